The minimum atomic E-state index is 0.329. The molecule has 0 amide bonds. The highest BCUT2D eigenvalue weighted by molar-refractivity contribution is 5.03. The summed E-state index contributed by atoms with van der Waals surface area (Å²) in [5.74, 6) is 3.81. The molecule has 0 spiro atoms. The van der Waals surface area contributed by atoms with Crippen molar-refractivity contribution in [2.75, 3.05) is 0 Å². The molecular formula is C17H29N3O2. The predicted octanol–water partition coefficient (Wildman–Crippen LogP) is 5.24. The van der Waals surface area contributed by atoms with Gasteiger partial charge in [0.1, 0.15) is 6.26 Å². The highest BCUT2D eigenvalue weighted by atomic mass is 16.4. The van der Waals surface area contributed by atoms with Gasteiger partial charge in [-0.15, -0.1) is 10.2 Å². The zero-order chi connectivity index (χ0) is 16.9. The molecule has 5 heteroatoms. The first-order chi connectivity index (χ1) is 10.2. The van der Waals surface area contributed by atoms with Crippen LogP contribution in [-0.2, 0) is 0 Å². The fourth-order valence-corrected chi connectivity index (χ4v) is 1.54. The first kappa shape index (κ1) is 18.4. The lowest BCUT2D eigenvalue weighted by atomic mass is 10.1. The van der Waals surface area contributed by atoms with Gasteiger partial charge in [0.15, 0.2) is 5.89 Å². The summed E-state index contributed by atoms with van der Waals surface area (Å²) in [6.07, 6.45) is 1.75. The van der Waals surface area contributed by atoms with Crippen LogP contribution in [0.2, 0.25) is 0 Å². The molecule has 2 aromatic rings. The van der Waals surface area contributed by atoms with Crippen LogP contribution in [-0.4, -0.2) is 15.2 Å². The zero-order valence-corrected chi connectivity index (χ0v) is 15.0. The molecule has 0 N–H and O–H groups in total. The van der Waals surface area contributed by atoms with Crippen molar-refractivity contribution in [3.05, 3.63) is 29.6 Å². The van der Waals surface area contributed by atoms with E-state index < -0.39 is 0 Å². The molecule has 0 aliphatic carbocycles. The molecule has 124 valence electrons. The zero-order valence-electron chi connectivity index (χ0n) is 15.0. The maximum absolute atomic E-state index is 5.38. The van der Waals surface area contributed by atoms with E-state index >= 15 is 0 Å². The van der Waals surface area contributed by atoms with Crippen LogP contribution < -0.4 is 0 Å². The fraction of sp³-hybridized carbons (Fsp3) is 0.706. The van der Waals surface area contributed by atoms with Gasteiger partial charge in [-0.05, 0) is 5.92 Å². The predicted molar refractivity (Wildman–Crippen MR) is 87.2 cm³/mol. The monoisotopic (exact) mass is 307 g/mol. The molecule has 0 saturated carbocycles. The van der Waals surface area contributed by atoms with Crippen molar-refractivity contribution >= 4 is 0 Å². The fourth-order valence-electron chi connectivity index (χ4n) is 1.54. The average molecular weight is 307 g/mol. The van der Waals surface area contributed by atoms with Crippen molar-refractivity contribution in [2.45, 2.75) is 79.1 Å². The Hall–Kier alpha value is -1.65. The lowest BCUT2D eigenvalue weighted by Crippen LogP contribution is -1.90. The number of aromatic nitrogens is 3. The molecule has 2 heterocycles. The SMILES string of the molecule is CC(C)c1coc(C(C)C)n1.CC(C)c1nnc(C(C)C)o1. The summed E-state index contributed by atoms with van der Waals surface area (Å²) in [6.45, 7) is 16.5. The summed E-state index contributed by atoms with van der Waals surface area (Å²) in [4.78, 5) is 4.34. The first-order valence-corrected chi connectivity index (χ1v) is 8.00. The second-order valence-electron chi connectivity index (χ2n) is 6.71. The number of hydrogen-bond donors (Lipinski definition) is 0. The normalized spacial score (nSPS) is 11.5. The molecule has 0 fully saturated rings. The Morgan fingerprint density at radius 2 is 1.14 bits per heavy atom. The smallest absolute Gasteiger partial charge is 0.219 e. The van der Waals surface area contributed by atoms with Crippen LogP contribution in [0, 0.1) is 0 Å². The van der Waals surface area contributed by atoms with Gasteiger partial charge < -0.3 is 8.83 Å². The summed E-state index contributed by atoms with van der Waals surface area (Å²) in [7, 11) is 0. The van der Waals surface area contributed by atoms with E-state index in [-0.39, 0.29) is 0 Å². The highest BCUT2D eigenvalue weighted by Gasteiger charge is 2.11. The molecule has 0 saturated heterocycles. The number of nitrogens with zero attached hydrogens (tertiary/aromatic N) is 3. The van der Waals surface area contributed by atoms with Crippen molar-refractivity contribution < 1.29 is 8.83 Å². The lowest BCUT2D eigenvalue weighted by molar-refractivity contribution is 0.417. The van der Waals surface area contributed by atoms with Crippen LogP contribution in [0.3, 0.4) is 0 Å². The Morgan fingerprint density at radius 1 is 0.682 bits per heavy atom. The molecule has 0 radical (unpaired) electrons. The molecular weight excluding hydrogens is 278 g/mol. The van der Waals surface area contributed by atoms with Gasteiger partial charge in [0.2, 0.25) is 11.8 Å². The van der Waals surface area contributed by atoms with Crippen LogP contribution >= 0.6 is 0 Å². The molecule has 2 aromatic heterocycles. The Morgan fingerprint density at radius 3 is 1.36 bits per heavy atom. The van der Waals surface area contributed by atoms with E-state index in [2.05, 4.69) is 42.9 Å². The van der Waals surface area contributed by atoms with Crippen molar-refractivity contribution in [1.82, 2.24) is 15.2 Å². The minimum absolute atomic E-state index is 0.329. The van der Waals surface area contributed by atoms with Gasteiger partial charge in [-0.2, -0.15) is 0 Å². The van der Waals surface area contributed by atoms with Gasteiger partial charge in [0.05, 0.1) is 5.69 Å². The van der Waals surface area contributed by atoms with Gasteiger partial charge >= 0.3 is 0 Å². The molecule has 0 aliphatic rings. The second-order valence-corrected chi connectivity index (χ2v) is 6.71. The second kappa shape index (κ2) is 8.11. The summed E-state index contributed by atoms with van der Waals surface area (Å²) >= 11 is 0. The van der Waals surface area contributed by atoms with Gasteiger partial charge in [-0.3, -0.25) is 0 Å². The van der Waals surface area contributed by atoms with Crippen LogP contribution in [0.1, 0.15) is 102 Å². The minimum Gasteiger partial charge on any atom is -0.448 e. The molecule has 22 heavy (non-hydrogen) atoms. The lowest BCUT2D eigenvalue weighted by Gasteiger charge is -1.96. The Bertz CT molecular complexity index is 459. The van der Waals surface area contributed by atoms with E-state index in [9.17, 15) is 0 Å². The molecule has 2 rings (SSSR count). The average Bonchev–Trinajstić information content (AvgIpc) is 3.09. The van der Waals surface area contributed by atoms with E-state index in [0.29, 0.717) is 23.7 Å². The Balaban J connectivity index is 0.000000220. The standard InChI is InChI=1S/C9H15NO.C8H14N2O/c1-6(2)8-5-11-9(10-8)7(3)4;1-5(2)7-9-10-8(11-7)6(3)4/h5-7H,1-4H3;5-6H,1-4H3. The Labute approximate surface area is 133 Å². The number of oxazole rings is 1. The van der Waals surface area contributed by atoms with Gasteiger partial charge in [-0.25, -0.2) is 4.98 Å². The van der Waals surface area contributed by atoms with E-state index in [1.165, 1.54) is 0 Å². The third-order valence-electron chi connectivity index (χ3n) is 3.07. The summed E-state index contributed by atoms with van der Waals surface area (Å²) in [5.41, 5.74) is 1.05. The third kappa shape index (κ3) is 5.28. The molecule has 5 nitrogen and oxygen atoms in total. The number of rotatable bonds is 4. The van der Waals surface area contributed by atoms with Crippen LogP contribution in [0.5, 0.6) is 0 Å². The topological polar surface area (TPSA) is 65.0 Å². The van der Waals surface area contributed by atoms with Crippen LogP contribution in [0.4, 0.5) is 0 Å². The number of hydrogen-bond acceptors (Lipinski definition) is 5. The third-order valence-corrected chi connectivity index (χ3v) is 3.07. The largest absolute Gasteiger partial charge is 0.448 e. The highest BCUT2D eigenvalue weighted by Crippen LogP contribution is 2.18. The molecule has 0 atom stereocenters. The van der Waals surface area contributed by atoms with E-state index in [4.69, 9.17) is 8.83 Å². The molecule has 0 unspecified atom stereocenters. The summed E-state index contributed by atoms with van der Waals surface area (Å²) < 4.78 is 10.7. The van der Waals surface area contributed by atoms with Crippen molar-refractivity contribution in [3.63, 3.8) is 0 Å². The maximum atomic E-state index is 5.38. The van der Waals surface area contributed by atoms with Crippen LogP contribution in [0.15, 0.2) is 15.1 Å². The van der Waals surface area contributed by atoms with Crippen LogP contribution in [0.25, 0.3) is 0 Å². The first-order valence-electron chi connectivity index (χ1n) is 8.00. The molecule has 0 bridgehead atoms. The molecule has 0 aliphatic heterocycles. The van der Waals surface area contributed by atoms with E-state index in [1.807, 2.05) is 27.7 Å². The van der Waals surface area contributed by atoms with Gasteiger partial charge in [-0.1, -0.05) is 55.4 Å². The Kier molecular flexibility index (Phi) is 6.78. The van der Waals surface area contributed by atoms with Crippen molar-refractivity contribution in [3.8, 4) is 0 Å². The van der Waals surface area contributed by atoms with Crippen molar-refractivity contribution in [1.29, 1.82) is 0 Å². The van der Waals surface area contributed by atoms with Crippen molar-refractivity contribution in [2.24, 2.45) is 0 Å². The summed E-state index contributed by atoms with van der Waals surface area (Å²) in [5, 5.41) is 7.84. The van der Waals surface area contributed by atoms with Gasteiger partial charge in [0.25, 0.3) is 0 Å². The quantitative estimate of drug-likeness (QED) is 0.773. The maximum Gasteiger partial charge on any atom is 0.219 e. The van der Waals surface area contributed by atoms with Gasteiger partial charge in [0, 0.05) is 17.8 Å². The summed E-state index contributed by atoms with van der Waals surface area (Å²) in [6, 6.07) is 0. The molecule has 0 aromatic carbocycles. The van der Waals surface area contributed by atoms with E-state index in [1.54, 1.807) is 6.26 Å². The van der Waals surface area contributed by atoms with E-state index in [0.717, 1.165) is 23.4 Å².